The Kier molecular flexibility index (Phi) is 11.0. The standard InChI is InChI=1S/C12H26N2O2.CH4O/c1-9(2)10(13)7-6-8-14-11(15)16-12(3,4)5;1-2/h9-10H,6-8,13H2,1-5H3,(H,14,15);2H,1H3. The van der Waals surface area contributed by atoms with E-state index in [2.05, 4.69) is 19.2 Å². The van der Waals surface area contributed by atoms with Crippen molar-refractivity contribution in [2.45, 2.75) is 59.1 Å². The molecule has 1 unspecified atom stereocenters. The summed E-state index contributed by atoms with van der Waals surface area (Å²) in [5.74, 6) is 0.488. The molecule has 0 aromatic rings. The summed E-state index contributed by atoms with van der Waals surface area (Å²) in [4.78, 5) is 11.3. The molecule has 0 aromatic heterocycles. The Morgan fingerprint density at radius 2 is 1.83 bits per heavy atom. The number of alkyl carbamates (subject to hydrolysis) is 1. The first kappa shape index (κ1) is 19.5. The van der Waals surface area contributed by atoms with E-state index in [-0.39, 0.29) is 12.1 Å². The number of ether oxygens (including phenoxy) is 1. The van der Waals surface area contributed by atoms with E-state index in [4.69, 9.17) is 15.6 Å². The van der Waals surface area contributed by atoms with E-state index in [9.17, 15) is 4.79 Å². The first-order valence-corrected chi connectivity index (χ1v) is 6.39. The highest BCUT2D eigenvalue weighted by atomic mass is 16.6. The van der Waals surface area contributed by atoms with Crippen LogP contribution in [0.3, 0.4) is 0 Å². The third kappa shape index (κ3) is 13.3. The fraction of sp³-hybridized carbons (Fsp3) is 0.923. The quantitative estimate of drug-likeness (QED) is 0.660. The molecule has 0 aromatic carbocycles. The zero-order chi connectivity index (χ0) is 14.8. The lowest BCUT2D eigenvalue weighted by atomic mass is 10.0. The molecule has 110 valence electrons. The van der Waals surface area contributed by atoms with Gasteiger partial charge in [-0.3, -0.25) is 0 Å². The van der Waals surface area contributed by atoms with Crippen molar-refractivity contribution in [1.82, 2.24) is 5.32 Å². The number of nitrogens with two attached hydrogens (primary N) is 1. The number of rotatable bonds is 5. The van der Waals surface area contributed by atoms with Gasteiger partial charge in [-0.2, -0.15) is 0 Å². The Labute approximate surface area is 111 Å². The molecule has 18 heavy (non-hydrogen) atoms. The third-order valence-corrected chi connectivity index (χ3v) is 2.24. The van der Waals surface area contributed by atoms with Crippen molar-refractivity contribution in [3.8, 4) is 0 Å². The van der Waals surface area contributed by atoms with Crippen LogP contribution in [0.1, 0.15) is 47.5 Å². The van der Waals surface area contributed by atoms with Crippen LogP contribution in [0.15, 0.2) is 0 Å². The molecule has 0 bridgehead atoms. The molecule has 4 N–H and O–H groups in total. The molecule has 0 saturated heterocycles. The molecular weight excluding hydrogens is 232 g/mol. The maximum absolute atomic E-state index is 11.3. The van der Waals surface area contributed by atoms with Crippen LogP contribution in [-0.2, 0) is 4.74 Å². The van der Waals surface area contributed by atoms with Crippen LogP contribution in [0.5, 0.6) is 0 Å². The molecule has 1 amide bonds. The van der Waals surface area contributed by atoms with Crippen LogP contribution < -0.4 is 11.1 Å². The summed E-state index contributed by atoms with van der Waals surface area (Å²) < 4.78 is 5.11. The molecule has 5 heteroatoms. The molecule has 0 heterocycles. The number of hydrogen-bond acceptors (Lipinski definition) is 4. The average Bonchev–Trinajstić information content (AvgIpc) is 2.24. The molecule has 0 aliphatic rings. The Bertz CT molecular complexity index is 213. The second-order valence-corrected chi connectivity index (χ2v) is 5.48. The van der Waals surface area contributed by atoms with Gasteiger partial charge in [-0.05, 0) is 39.5 Å². The Hall–Kier alpha value is -0.810. The Morgan fingerprint density at radius 1 is 1.33 bits per heavy atom. The first-order chi connectivity index (χ1) is 8.22. The lowest BCUT2D eigenvalue weighted by Gasteiger charge is -2.20. The molecule has 0 aliphatic carbocycles. The van der Waals surface area contributed by atoms with Gasteiger partial charge in [0.1, 0.15) is 5.60 Å². The number of carbonyl (C=O) groups is 1. The van der Waals surface area contributed by atoms with Crippen molar-refractivity contribution in [2.24, 2.45) is 11.7 Å². The average molecular weight is 262 g/mol. The molecule has 0 radical (unpaired) electrons. The van der Waals surface area contributed by atoms with E-state index < -0.39 is 5.60 Å². The molecule has 0 rings (SSSR count). The van der Waals surface area contributed by atoms with Crippen molar-refractivity contribution in [3.05, 3.63) is 0 Å². The minimum absolute atomic E-state index is 0.209. The molecular formula is C13H30N2O3. The monoisotopic (exact) mass is 262 g/mol. The maximum atomic E-state index is 11.3. The highest BCUT2D eigenvalue weighted by molar-refractivity contribution is 5.67. The van der Waals surface area contributed by atoms with Crippen molar-refractivity contribution >= 4 is 6.09 Å². The van der Waals surface area contributed by atoms with E-state index in [0.717, 1.165) is 20.0 Å². The fourth-order valence-electron chi connectivity index (χ4n) is 1.18. The largest absolute Gasteiger partial charge is 0.444 e. The van der Waals surface area contributed by atoms with Crippen molar-refractivity contribution in [1.29, 1.82) is 0 Å². The molecule has 5 nitrogen and oxygen atoms in total. The van der Waals surface area contributed by atoms with Crippen LogP contribution >= 0.6 is 0 Å². The zero-order valence-electron chi connectivity index (χ0n) is 12.6. The van der Waals surface area contributed by atoms with Crippen molar-refractivity contribution in [3.63, 3.8) is 0 Å². The van der Waals surface area contributed by atoms with E-state index in [1.54, 1.807) is 0 Å². The van der Waals surface area contributed by atoms with Gasteiger partial charge in [0.15, 0.2) is 0 Å². The van der Waals surface area contributed by atoms with Gasteiger partial charge in [-0.25, -0.2) is 4.79 Å². The SMILES string of the molecule is CC(C)C(N)CCCNC(=O)OC(C)(C)C.CO. The fourth-order valence-corrected chi connectivity index (χ4v) is 1.18. The maximum Gasteiger partial charge on any atom is 0.407 e. The minimum atomic E-state index is -0.432. The number of hydrogen-bond donors (Lipinski definition) is 3. The zero-order valence-corrected chi connectivity index (χ0v) is 12.6. The molecule has 0 aliphatic heterocycles. The first-order valence-electron chi connectivity index (χ1n) is 6.39. The second kappa shape index (κ2) is 10.1. The van der Waals surface area contributed by atoms with E-state index >= 15 is 0 Å². The third-order valence-electron chi connectivity index (χ3n) is 2.24. The number of amides is 1. The van der Waals surface area contributed by atoms with Gasteiger partial charge in [-0.15, -0.1) is 0 Å². The summed E-state index contributed by atoms with van der Waals surface area (Å²) in [6.07, 6.45) is 1.46. The topological polar surface area (TPSA) is 84.6 Å². The summed E-state index contributed by atoms with van der Waals surface area (Å²) in [7, 11) is 1.00. The predicted molar refractivity (Wildman–Crippen MR) is 74.4 cm³/mol. The van der Waals surface area contributed by atoms with Gasteiger partial charge in [-0.1, -0.05) is 13.8 Å². The summed E-state index contributed by atoms with van der Waals surface area (Å²) in [6.45, 7) is 10.4. The summed E-state index contributed by atoms with van der Waals surface area (Å²) in [6, 6.07) is 0.209. The smallest absolute Gasteiger partial charge is 0.407 e. The predicted octanol–water partition coefficient (Wildman–Crippen LogP) is 1.88. The summed E-state index contributed by atoms with van der Waals surface area (Å²) in [5, 5.41) is 9.72. The second-order valence-electron chi connectivity index (χ2n) is 5.48. The highest BCUT2D eigenvalue weighted by Crippen LogP contribution is 2.07. The number of aliphatic hydroxyl groups is 1. The van der Waals surface area contributed by atoms with Gasteiger partial charge in [0.05, 0.1) is 0 Å². The molecule has 0 saturated carbocycles. The van der Waals surface area contributed by atoms with Crippen molar-refractivity contribution < 1.29 is 14.6 Å². The van der Waals surface area contributed by atoms with Gasteiger partial charge in [0.25, 0.3) is 0 Å². The van der Waals surface area contributed by atoms with E-state index in [1.807, 2.05) is 20.8 Å². The van der Waals surface area contributed by atoms with Crippen LogP contribution in [0, 0.1) is 5.92 Å². The number of carbonyl (C=O) groups excluding carboxylic acids is 1. The lowest BCUT2D eigenvalue weighted by Crippen LogP contribution is -2.34. The minimum Gasteiger partial charge on any atom is -0.444 e. The van der Waals surface area contributed by atoms with Crippen LogP contribution in [0.2, 0.25) is 0 Å². The van der Waals surface area contributed by atoms with Crippen molar-refractivity contribution in [2.75, 3.05) is 13.7 Å². The van der Waals surface area contributed by atoms with Crippen LogP contribution in [0.25, 0.3) is 0 Å². The van der Waals surface area contributed by atoms with E-state index in [0.29, 0.717) is 12.5 Å². The van der Waals surface area contributed by atoms with Gasteiger partial charge < -0.3 is 20.9 Å². The summed E-state index contributed by atoms with van der Waals surface area (Å²) >= 11 is 0. The number of nitrogens with one attached hydrogen (secondary N) is 1. The van der Waals surface area contributed by atoms with Crippen LogP contribution in [0.4, 0.5) is 4.79 Å². The molecule has 0 fully saturated rings. The Balaban J connectivity index is 0. The van der Waals surface area contributed by atoms with Gasteiger partial charge >= 0.3 is 6.09 Å². The summed E-state index contributed by atoms with van der Waals surface area (Å²) in [5.41, 5.74) is 5.46. The normalized spacial score (nSPS) is 12.5. The highest BCUT2D eigenvalue weighted by Gasteiger charge is 2.15. The van der Waals surface area contributed by atoms with E-state index in [1.165, 1.54) is 0 Å². The molecule has 0 spiro atoms. The number of aliphatic hydroxyl groups excluding tert-OH is 1. The van der Waals surface area contributed by atoms with Gasteiger partial charge in [0, 0.05) is 19.7 Å². The van der Waals surface area contributed by atoms with Gasteiger partial charge in [0.2, 0.25) is 0 Å². The Morgan fingerprint density at radius 3 is 2.22 bits per heavy atom. The van der Waals surface area contributed by atoms with Crippen LogP contribution in [-0.4, -0.2) is 36.5 Å². The lowest BCUT2D eigenvalue weighted by molar-refractivity contribution is 0.0526. The molecule has 1 atom stereocenters.